The van der Waals surface area contributed by atoms with Gasteiger partial charge in [-0.3, -0.25) is 9.78 Å². The van der Waals surface area contributed by atoms with E-state index in [1.54, 1.807) is 11.7 Å². The zero-order valence-corrected chi connectivity index (χ0v) is 13.1. The maximum absolute atomic E-state index is 12.1. The first-order valence-electron chi connectivity index (χ1n) is 6.24. The third kappa shape index (κ3) is 3.45. The van der Waals surface area contributed by atoms with Crippen LogP contribution in [0.5, 0.6) is 0 Å². The Hall–Kier alpha value is -1.67. The predicted molar refractivity (Wildman–Crippen MR) is 83.4 cm³/mol. The topological polar surface area (TPSA) is 84.1 Å². The molecule has 6 nitrogen and oxygen atoms in total. The maximum Gasteiger partial charge on any atom is 0.265 e. The molecule has 0 saturated carbocycles. The van der Waals surface area contributed by atoms with Gasteiger partial charge in [0, 0.05) is 24.7 Å². The highest BCUT2D eigenvalue weighted by atomic mass is 32.1. The summed E-state index contributed by atoms with van der Waals surface area (Å²) >= 11 is 2.82. The molecule has 2 aromatic heterocycles. The molecule has 2 aromatic rings. The Labute approximate surface area is 125 Å². The molecule has 1 amide bonds. The second kappa shape index (κ2) is 6.67. The Morgan fingerprint density at radius 2 is 2.35 bits per heavy atom. The van der Waals surface area contributed by atoms with Gasteiger partial charge in [0.05, 0.1) is 12.1 Å². The number of nitrogens with two attached hydrogens (primary N) is 1. The Kier molecular flexibility index (Phi) is 4.91. The summed E-state index contributed by atoms with van der Waals surface area (Å²) in [4.78, 5) is 23.8. The van der Waals surface area contributed by atoms with Gasteiger partial charge in [-0.25, -0.2) is 4.98 Å². The van der Waals surface area contributed by atoms with E-state index in [1.165, 1.54) is 22.7 Å². The molecule has 0 saturated heterocycles. The standard InChI is InChI=1S/C12H17N5OS2/c1-3-4-17(2)12-16-10(13)9(20-12)11(18)15-6-8-5-14-7-19-8/h5,7H,3-4,6,13H2,1-2H3,(H,15,18). The number of amides is 1. The average molecular weight is 311 g/mol. The van der Waals surface area contributed by atoms with Crippen molar-refractivity contribution in [1.82, 2.24) is 15.3 Å². The van der Waals surface area contributed by atoms with Crippen molar-refractivity contribution in [3.63, 3.8) is 0 Å². The molecular weight excluding hydrogens is 294 g/mol. The first kappa shape index (κ1) is 14.7. The van der Waals surface area contributed by atoms with Gasteiger partial charge in [-0.15, -0.1) is 11.3 Å². The fraction of sp³-hybridized carbons (Fsp3) is 0.417. The second-order valence-electron chi connectivity index (χ2n) is 4.28. The molecule has 20 heavy (non-hydrogen) atoms. The van der Waals surface area contributed by atoms with Crippen LogP contribution in [0.25, 0.3) is 0 Å². The normalized spacial score (nSPS) is 10.5. The molecule has 0 radical (unpaired) electrons. The number of nitrogens with zero attached hydrogens (tertiary/aromatic N) is 3. The number of nitrogens with one attached hydrogen (secondary N) is 1. The van der Waals surface area contributed by atoms with E-state index >= 15 is 0 Å². The fourth-order valence-corrected chi connectivity index (χ4v) is 3.08. The molecule has 2 heterocycles. The van der Waals surface area contributed by atoms with Gasteiger partial charge in [0.1, 0.15) is 10.7 Å². The molecule has 0 bridgehead atoms. The van der Waals surface area contributed by atoms with E-state index < -0.39 is 0 Å². The molecule has 0 aliphatic heterocycles. The van der Waals surface area contributed by atoms with Crippen molar-refractivity contribution in [2.75, 3.05) is 24.2 Å². The molecule has 0 aliphatic carbocycles. The van der Waals surface area contributed by atoms with Crippen LogP contribution in [0, 0.1) is 0 Å². The van der Waals surface area contributed by atoms with Crippen molar-refractivity contribution in [1.29, 1.82) is 0 Å². The number of carbonyl (C=O) groups excluding carboxylic acids is 1. The van der Waals surface area contributed by atoms with E-state index in [-0.39, 0.29) is 11.7 Å². The predicted octanol–water partition coefficient (Wildman–Crippen LogP) is 1.96. The van der Waals surface area contributed by atoms with Gasteiger partial charge in [0.25, 0.3) is 5.91 Å². The smallest absolute Gasteiger partial charge is 0.265 e. The van der Waals surface area contributed by atoms with Crippen LogP contribution in [0.3, 0.4) is 0 Å². The zero-order chi connectivity index (χ0) is 14.5. The van der Waals surface area contributed by atoms with Crippen LogP contribution in [0.4, 0.5) is 10.9 Å². The molecule has 2 rings (SSSR count). The molecule has 108 valence electrons. The minimum atomic E-state index is -0.190. The molecule has 0 aliphatic rings. The average Bonchev–Trinajstić information content (AvgIpc) is 3.05. The van der Waals surface area contributed by atoms with Gasteiger partial charge in [-0.1, -0.05) is 18.3 Å². The number of hydrogen-bond acceptors (Lipinski definition) is 7. The Balaban J connectivity index is 2.02. The first-order chi connectivity index (χ1) is 9.61. The summed E-state index contributed by atoms with van der Waals surface area (Å²) in [6.07, 6.45) is 2.75. The minimum absolute atomic E-state index is 0.190. The summed E-state index contributed by atoms with van der Waals surface area (Å²) in [7, 11) is 1.95. The molecule has 0 atom stereocenters. The zero-order valence-electron chi connectivity index (χ0n) is 11.4. The van der Waals surface area contributed by atoms with E-state index in [4.69, 9.17) is 5.73 Å². The molecule has 0 aromatic carbocycles. The first-order valence-corrected chi connectivity index (χ1v) is 7.94. The lowest BCUT2D eigenvalue weighted by Crippen LogP contribution is -2.22. The third-order valence-electron chi connectivity index (χ3n) is 2.64. The highest BCUT2D eigenvalue weighted by Gasteiger charge is 2.17. The second-order valence-corrected chi connectivity index (χ2v) is 6.23. The summed E-state index contributed by atoms with van der Waals surface area (Å²) in [6.45, 7) is 3.44. The van der Waals surface area contributed by atoms with Gasteiger partial charge in [-0.2, -0.15) is 0 Å². The maximum atomic E-state index is 12.1. The van der Waals surface area contributed by atoms with E-state index in [0.29, 0.717) is 11.4 Å². The summed E-state index contributed by atoms with van der Waals surface area (Å²) in [5.41, 5.74) is 7.56. The number of anilines is 2. The van der Waals surface area contributed by atoms with Crippen LogP contribution in [0.2, 0.25) is 0 Å². The lowest BCUT2D eigenvalue weighted by molar-refractivity contribution is 0.0956. The largest absolute Gasteiger partial charge is 0.382 e. The Morgan fingerprint density at radius 3 is 3.00 bits per heavy atom. The molecule has 3 N–H and O–H groups in total. The van der Waals surface area contributed by atoms with Gasteiger partial charge >= 0.3 is 0 Å². The van der Waals surface area contributed by atoms with Gasteiger partial charge < -0.3 is 16.0 Å². The van der Waals surface area contributed by atoms with Gasteiger partial charge in [-0.05, 0) is 6.42 Å². The highest BCUT2D eigenvalue weighted by Crippen LogP contribution is 2.27. The van der Waals surface area contributed by atoms with Crippen LogP contribution < -0.4 is 16.0 Å². The van der Waals surface area contributed by atoms with Crippen LogP contribution in [0.1, 0.15) is 27.9 Å². The SMILES string of the molecule is CCCN(C)c1nc(N)c(C(=O)NCc2cncs2)s1. The monoisotopic (exact) mass is 311 g/mol. The number of thiazole rings is 2. The van der Waals surface area contributed by atoms with Crippen molar-refractivity contribution in [2.45, 2.75) is 19.9 Å². The van der Waals surface area contributed by atoms with Crippen LogP contribution >= 0.6 is 22.7 Å². The number of hydrogen-bond donors (Lipinski definition) is 2. The van der Waals surface area contributed by atoms with E-state index in [1.807, 2.05) is 11.9 Å². The third-order valence-corrected chi connectivity index (χ3v) is 4.60. The van der Waals surface area contributed by atoms with E-state index in [2.05, 4.69) is 22.2 Å². The minimum Gasteiger partial charge on any atom is -0.382 e. The summed E-state index contributed by atoms with van der Waals surface area (Å²) in [5, 5.41) is 3.60. The van der Waals surface area contributed by atoms with Crippen molar-refractivity contribution < 1.29 is 4.79 Å². The number of aromatic nitrogens is 2. The van der Waals surface area contributed by atoms with E-state index in [0.717, 1.165) is 23.0 Å². The van der Waals surface area contributed by atoms with Crippen molar-refractivity contribution in [2.24, 2.45) is 0 Å². The van der Waals surface area contributed by atoms with Crippen LogP contribution in [0.15, 0.2) is 11.7 Å². The Bertz CT molecular complexity index is 566. The molecule has 0 fully saturated rings. The van der Waals surface area contributed by atoms with Crippen molar-refractivity contribution >= 4 is 39.5 Å². The highest BCUT2D eigenvalue weighted by molar-refractivity contribution is 7.18. The van der Waals surface area contributed by atoms with E-state index in [9.17, 15) is 4.79 Å². The molecule has 0 unspecified atom stereocenters. The summed E-state index contributed by atoms with van der Waals surface area (Å²) in [5.74, 6) is 0.0966. The lowest BCUT2D eigenvalue weighted by atomic mass is 10.4. The van der Waals surface area contributed by atoms with Crippen molar-refractivity contribution in [3.05, 3.63) is 21.5 Å². The molecule has 0 spiro atoms. The summed E-state index contributed by atoms with van der Waals surface area (Å²) < 4.78 is 0. The fourth-order valence-electron chi connectivity index (χ4n) is 1.65. The molecule has 8 heteroatoms. The number of nitrogen functional groups attached to an aromatic ring is 1. The van der Waals surface area contributed by atoms with Gasteiger partial charge in [0.15, 0.2) is 5.13 Å². The van der Waals surface area contributed by atoms with Crippen LogP contribution in [-0.2, 0) is 6.54 Å². The van der Waals surface area contributed by atoms with Crippen LogP contribution in [-0.4, -0.2) is 29.5 Å². The number of carbonyl (C=O) groups is 1. The number of rotatable bonds is 6. The summed E-state index contributed by atoms with van der Waals surface area (Å²) in [6, 6.07) is 0. The Morgan fingerprint density at radius 1 is 1.55 bits per heavy atom. The molecular formula is C12H17N5OS2. The lowest BCUT2D eigenvalue weighted by Gasteiger charge is -2.13. The van der Waals surface area contributed by atoms with Gasteiger partial charge in [0.2, 0.25) is 0 Å². The quantitative estimate of drug-likeness (QED) is 0.852. The van der Waals surface area contributed by atoms with Crippen molar-refractivity contribution in [3.8, 4) is 0 Å².